The molecule has 0 aliphatic heterocycles. The van der Waals surface area contributed by atoms with E-state index in [0.29, 0.717) is 16.5 Å². The van der Waals surface area contributed by atoms with E-state index in [-0.39, 0.29) is 42.1 Å². The molecule has 11 heteroatoms. The number of rotatable bonds is 15. The van der Waals surface area contributed by atoms with Gasteiger partial charge in [0.05, 0.1) is 24.3 Å². The topological polar surface area (TPSA) is 105 Å². The number of benzene rings is 4. The van der Waals surface area contributed by atoms with Crippen molar-refractivity contribution in [2.45, 2.75) is 62.6 Å². The van der Waals surface area contributed by atoms with Gasteiger partial charge in [-0.1, -0.05) is 79.0 Å². The average Bonchev–Trinajstić information content (AvgIpc) is 3.63. The van der Waals surface area contributed by atoms with Crippen molar-refractivity contribution in [3.8, 4) is 11.5 Å². The van der Waals surface area contributed by atoms with Gasteiger partial charge in [-0.25, -0.2) is 8.42 Å². The van der Waals surface area contributed by atoms with Gasteiger partial charge in [0.25, 0.3) is 10.0 Å². The number of carbonyl (C=O) groups excluding carboxylic acids is 2. The molecule has 4 aromatic rings. The number of methoxy groups -OCH3 is 1. The van der Waals surface area contributed by atoms with Gasteiger partial charge in [0.2, 0.25) is 11.8 Å². The summed E-state index contributed by atoms with van der Waals surface area (Å²) in [4.78, 5) is 30.5. The number of para-hydroxylation sites is 2. The summed E-state index contributed by atoms with van der Waals surface area (Å²) in [6, 6.07) is 28.3. The van der Waals surface area contributed by atoms with Crippen LogP contribution in [0.2, 0.25) is 5.02 Å². The summed E-state index contributed by atoms with van der Waals surface area (Å²) in [5.41, 5.74) is 1.79. The maximum absolute atomic E-state index is 14.8. The minimum Gasteiger partial charge on any atom is -0.497 e. The van der Waals surface area contributed by atoms with Crippen LogP contribution in [0, 0.1) is 0 Å². The van der Waals surface area contributed by atoms with Crippen LogP contribution >= 0.6 is 11.6 Å². The second-order valence-corrected chi connectivity index (χ2v) is 14.2. The fraction of sp³-hybridized carbons (Fsp3) is 0.316. The van der Waals surface area contributed by atoms with Gasteiger partial charge in [-0.3, -0.25) is 13.9 Å². The molecule has 4 aromatic carbocycles. The number of nitrogens with zero attached hydrogens (tertiary/aromatic N) is 2. The molecule has 1 saturated carbocycles. The summed E-state index contributed by atoms with van der Waals surface area (Å²) in [6.45, 7) is 1.52. The van der Waals surface area contributed by atoms with E-state index in [1.54, 1.807) is 50.4 Å². The van der Waals surface area contributed by atoms with Gasteiger partial charge in [-0.05, 0) is 79.4 Å². The lowest BCUT2D eigenvalue weighted by molar-refractivity contribution is -0.140. The lowest BCUT2D eigenvalue weighted by atomic mass is 10.0. The largest absolute Gasteiger partial charge is 0.497 e. The quantitative estimate of drug-likeness (QED) is 0.149. The molecule has 1 N–H and O–H groups in total. The minimum absolute atomic E-state index is 0.0133. The molecule has 1 aliphatic carbocycles. The van der Waals surface area contributed by atoms with Crippen LogP contribution in [0.1, 0.15) is 43.7 Å². The molecule has 0 saturated heterocycles. The molecule has 5 rings (SSSR count). The smallest absolute Gasteiger partial charge is 0.264 e. The Balaban J connectivity index is 1.60. The van der Waals surface area contributed by atoms with Crippen LogP contribution in [0.5, 0.6) is 11.5 Å². The third-order valence-corrected chi connectivity index (χ3v) is 10.6. The van der Waals surface area contributed by atoms with E-state index < -0.39 is 28.5 Å². The molecule has 0 unspecified atom stereocenters. The highest BCUT2D eigenvalue weighted by molar-refractivity contribution is 7.92. The molecule has 0 bridgehead atoms. The molecule has 0 spiro atoms. The fourth-order valence-corrected chi connectivity index (χ4v) is 7.63. The van der Waals surface area contributed by atoms with Gasteiger partial charge in [0, 0.05) is 24.0 Å². The zero-order valence-corrected chi connectivity index (χ0v) is 29.3. The molecule has 258 valence electrons. The molecule has 1 fully saturated rings. The van der Waals surface area contributed by atoms with E-state index in [1.165, 1.54) is 29.2 Å². The highest BCUT2D eigenvalue weighted by Gasteiger charge is 2.36. The zero-order valence-electron chi connectivity index (χ0n) is 27.8. The van der Waals surface area contributed by atoms with Gasteiger partial charge < -0.3 is 19.7 Å². The summed E-state index contributed by atoms with van der Waals surface area (Å²) in [6.07, 6.45) is 4.02. The Hall–Kier alpha value is -4.54. The number of sulfonamides is 1. The van der Waals surface area contributed by atoms with Crippen molar-refractivity contribution < 1.29 is 27.5 Å². The van der Waals surface area contributed by atoms with E-state index in [9.17, 15) is 18.0 Å². The van der Waals surface area contributed by atoms with E-state index >= 15 is 0 Å². The number of halogens is 1. The summed E-state index contributed by atoms with van der Waals surface area (Å²) < 4.78 is 41.1. The number of carbonyl (C=O) groups is 2. The number of amides is 2. The van der Waals surface area contributed by atoms with E-state index in [0.717, 1.165) is 41.1 Å². The highest BCUT2D eigenvalue weighted by atomic mass is 35.5. The average molecular weight is 704 g/mol. The summed E-state index contributed by atoms with van der Waals surface area (Å²) in [7, 11) is -2.76. The Morgan fingerprint density at radius 1 is 0.898 bits per heavy atom. The third kappa shape index (κ3) is 9.13. The van der Waals surface area contributed by atoms with Crippen LogP contribution in [0.3, 0.4) is 0 Å². The number of anilines is 1. The summed E-state index contributed by atoms with van der Waals surface area (Å²) in [5, 5.41) is 3.57. The van der Waals surface area contributed by atoms with E-state index in [1.807, 2.05) is 42.5 Å². The SMILES string of the molecule is CCOc1ccccc1N(CC(=O)N(Cc1cccc(OC)c1)[C@@H](Cc1ccccc1)C(=O)NC1CCCC1)S(=O)(=O)c1ccc(Cl)cc1. The van der Waals surface area contributed by atoms with Gasteiger partial charge >= 0.3 is 0 Å². The summed E-state index contributed by atoms with van der Waals surface area (Å²) >= 11 is 6.11. The fourth-order valence-electron chi connectivity index (χ4n) is 6.08. The molecule has 1 atom stereocenters. The first-order valence-electron chi connectivity index (χ1n) is 16.5. The molecule has 0 radical (unpaired) electrons. The molecule has 0 heterocycles. The Labute approximate surface area is 293 Å². The van der Waals surface area contributed by atoms with Crippen molar-refractivity contribution in [3.63, 3.8) is 0 Å². The molecule has 9 nitrogen and oxygen atoms in total. The first kappa shape index (κ1) is 35.8. The second-order valence-electron chi connectivity index (χ2n) is 11.9. The molecule has 0 aromatic heterocycles. The normalized spacial score (nSPS) is 13.8. The van der Waals surface area contributed by atoms with E-state index in [4.69, 9.17) is 21.1 Å². The Bertz CT molecular complexity index is 1810. The van der Waals surface area contributed by atoms with Crippen molar-refractivity contribution in [2.24, 2.45) is 0 Å². The predicted octanol–water partition coefficient (Wildman–Crippen LogP) is 6.64. The Morgan fingerprint density at radius 3 is 2.27 bits per heavy atom. The Kier molecular flexibility index (Phi) is 12.2. The lowest BCUT2D eigenvalue weighted by Gasteiger charge is -2.34. The van der Waals surface area contributed by atoms with Gasteiger partial charge in [0.1, 0.15) is 24.1 Å². The van der Waals surface area contributed by atoms with Gasteiger partial charge in [-0.15, -0.1) is 0 Å². The highest BCUT2D eigenvalue weighted by Crippen LogP contribution is 2.33. The van der Waals surface area contributed by atoms with Crippen molar-refractivity contribution in [3.05, 3.63) is 119 Å². The second kappa shape index (κ2) is 16.7. The van der Waals surface area contributed by atoms with Crippen molar-refractivity contribution in [2.75, 3.05) is 24.6 Å². The van der Waals surface area contributed by atoms with Crippen LogP contribution in [0.15, 0.2) is 108 Å². The molecule has 49 heavy (non-hydrogen) atoms. The van der Waals surface area contributed by atoms with Crippen LogP contribution < -0.4 is 19.1 Å². The maximum atomic E-state index is 14.8. The summed E-state index contributed by atoms with van der Waals surface area (Å²) in [5.74, 6) is 0.0509. The standard InChI is InChI=1S/C38H42ClN3O6S/c1-3-48-36-19-10-9-18-34(36)42(49(45,46)33-22-20-30(39)21-23-33)27-37(43)41(26-29-14-11-17-32(24-29)47-2)35(25-28-12-5-4-6-13-28)38(44)40-31-15-7-8-16-31/h4-6,9-14,17-24,31,35H,3,7-8,15-16,25-27H2,1-2H3,(H,40,44)/t35-/m0/s1. The van der Waals surface area contributed by atoms with Crippen LogP contribution in [-0.4, -0.2) is 57.5 Å². The number of hydrogen-bond acceptors (Lipinski definition) is 6. The van der Waals surface area contributed by atoms with E-state index in [2.05, 4.69) is 5.32 Å². The van der Waals surface area contributed by atoms with Crippen molar-refractivity contribution in [1.82, 2.24) is 10.2 Å². The Morgan fingerprint density at radius 2 is 1.57 bits per heavy atom. The van der Waals surface area contributed by atoms with Crippen LogP contribution in [0.4, 0.5) is 5.69 Å². The number of ether oxygens (including phenoxy) is 2. The van der Waals surface area contributed by atoms with Gasteiger partial charge in [0.15, 0.2) is 0 Å². The van der Waals surface area contributed by atoms with Gasteiger partial charge in [-0.2, -0.15) is 0 Å². The monoisotopic (exact) mass is 703 g/mol. The first-order chi connectivity index (χ1) is 23.7. The predicted molar refractivity (Wildman–Crippen MR) is 191 cm³/mol. The van der Waals surface area contributed by atoms with Crippen molar-refractivity contribution in [1.29, 1.82) is 0 Å². The van der Waals surface area contributed by atoms with Crippen molar-refractivity contribution >= 4 is 39.1 Å². The molecule has 1 aliphatic rings. The molecule has 2 amide bonds. The maximum Gasteiger partial charge on any atom is 0.264 e. The number of nitrogens with one attached hydrogen (secondary N) is 1. The molecular formula is C38H42ClN3O6S. The minimum atomic E-state index is -4.32. The zero-order chi connectivity index (χ0) is 34.8. The molecular weight excluding hydrogens is 662 g/mol. The third-order valence-electron chi connectivity index (χ3n) is 8.57. The lowest BCUT2D eigenvalue weighted by Crippen LogP contribution is -2.54. The van der Waals surface area contributed by atoms with Crippen LogP contribution in [0.25, 0.3) is 0 Å². The first-order valence-corrected chi connectivity index (χ1v) is 18.3. The number of hydrogen-bond donors (Lipinski definition) is 1. The van der Waals surface area contributed by atoms with Crippen LogP contribution in [-0.2, 0) is 32.6 Å².